The van der Waals surface area contributed by atoms with E-state index < -0.39 is 5.60 Å². The minimum absolute atomic E-state index is 0.0784. The van der Waals surface area contributed by atoms with Crippen LogP contribution >= 0.6 is 0 Å². The maximum atomic E-state index is 14.3. The summed E-state index contributed by atoms with van der Waals surface area (Å²) in [5.74, 6) is -0.359. The van der Waals surface area contributed by atoms with Crippen molar-refractivity contribution >= 4 is 11.7 Å². The first-order chi connectivity index (χ1) is 11.3. The number of carbonyl (C=O) groups excluding carboxylic acids is 1. The summed E-state index contributed by atoms with van der Waals surface area (Å²) in [5.41, 5.74) is 1.39. The lowest BCUT2D eigenvalue weighted by atomic mass is 10.0. The predicted octanol–water partition coefficient (Wildman–Crippen LogP) is 3.17. The van der Waals surface area contributed by atoms with Crippen molar-refractivity contribution in [3.63, 3.8) is 0 Å². The van der Waals surface area contributed by atoms with Gasteiger partial charge in [0.15, 0.2) is 0 Å². The second-order valence-electron chi connectivity index (χ2n) is 6.91. The number of carbonyl (C=O) groups is 1. The molecule has 0 saturated heterocycles. The molecule has 2 heterocycles. The molecule has 0 fully saturated rings. The number of aryl methyl sites for hydroxylation is 1. The Labute approximate surface area is 142 Å². The summed E-state index contributed by atoms with van der Waals surface area (Å²) in [5, 5.41) is 8.83. The number of aromatic nitrogens is 1. The van der Waals surface area contributed by atoms with Gasteiger partial charge in [-0.1, -0.05) is 6.08 Å². The van der Waals surface area contributed by atoms with Crippen LogP contribution in [0.2, 0.25) is 0 Å². The van der Waals surface area contributed by atoms with Crippen molar-refractivity contribution in [3.05, 3.63) is 35.4 Å². The summed E-state index contributed by atoms with van der Waals surface area (Å²) in [6, 6.07) is 1.47. The van der Waals surface area contributed by atoms with Gasteiger partial charge < -0.3 is 14.7 Å². The molecular weight excluding hydrogens is 311 g/mol. The number of nitrogens with zero attached hydrogens (tertiary/aromatic N) is 2. The van der Waals surface area contributed by atoms with E-state index in [1.807, 2.05) is 26.8 Å². The van der Waals surface area contributed by atoms with Crippen LogP contribution in [0.3, 0.4) is 0 Å². The van der Waals surface area contributed by atoms with E-state index in [1.54, 1.807) is 11.1 Å². The van der Waals surface area contributed by atoms with E-state index >= 15 is 0 Å². The maximum absolute atomic E-state index is 14.3. The highest BCUT2D eigenvalue weighted by Gasteiger charge is 2.24. The van der Waals surface area contributed by atoms with Gasteiger partial charge in [-0.3, -0.25) is 4.98 Å². The van der Waals surface area contributed by atoms with E-state index in [9.17, 15) is 9.18 Å². The molecule has 0 bridgehead atoms. The molecule has 1 aromatic heterocycles. The van der Waals surface area contributed by atoms with E-state index in [0.29, 0.717) is 38.0 Å². The van der Waals surface area contributed by atoms with Crippen LogP contribution in [0.15, 0.2) is 18.3 Å². The van der Waals surface area contributed by atoms with E-state index in [2.05, 4.69) is 4.98 Å². The second-order valence-corrected chi connectivity index (χ2v) is 6.91. The van der Waals surface area contributed by atoms with Gasteiger partial charge in [-0.25, -0.2) is 9.18 Å². The molecule has 0 aromatic carbocycles. The lowest BCUT2D eigenvalue weighted by Crippen LogP contribution is -2.39. The van der Waals surface area contributed by atoms with Crippen molar-refractivity contribution in [1.82, 2.24) is 9.88 Å². The predicted molar refractivity (Wildman–Crippen MR) is 90.0 cm³/mol. The standard InChI is InChI=1S/C18H25FN2O3/c1-18(2,3)24-17(23)21-8-6-14(7-9-21)16-15(19)11-13(12-20-16)5-4-10-22/h6,11-12,22H,4-5,7-10H2,1-3H3. The highest BCUT2D eigenvalue weighted by atomic mass is 19.1. The Hall–Kier alpha value is -1.95. The van der Waals surface area contributed by atoms with E-state index in [-0.39, 0.29) is 18.5 Å². The Morgan fingerprint density at radius 3 is 2.75 bits per heavy atom. The van der Waals surface area contributed by atoms with Crippen molar-refractivity contribution in [1.29, 1.82) is 0 Å². The Morgan fingerprint density at radius 2 is 2.21 bits per heavy atom. The van der Waals surface area contributed by atoms with Crippen molar-refractivity contribution in [2.24, 2.45) is 0 Å². The first-order valence-corrected chi connectivity index (χ1v) is 8.23. The number of ether oxygens (including phenoxy) is 1. The molecule has 0 radical (unpaired) electrons. The molecular formula is C18H25FN2O3. The third kappa shape index (κ3) is 5.03. The topological polar surface area (TPSA) is 62.7 Å². The van der Waals surface area contributed by atoms with Gasteiger partial charge in [0.25, 0.3) is 0 Å². The lowest BCUT2D eigenvalue weighted by molar-refractivity contribution is 0.0270. The number of hydrogen-bond acceptors (Lipinski definition) is 4. The summed E-state index contributed by atoms with van der Waals surface area (Å²) in [7, 11) is 0. The molecule has 24 heavy (non-hydrogen) atoms. The third-order valence-electron chi connectivity index (χ3n) is 3.69. The zero-order valence-electron chi connectivity index (χ0n) is 14.5. The number of rotatable bonds is 4. The molecule has 1 N–H and O–H groups in total. The quantitative estimate of drug-likeness (QED) is 0.917. The van der Waals surface area contributed by atoms with Crippen LogP contribution in [0.4, 0.5) is 9.18 Å². The molecule has 6 heteroatoms. The van der Waals surface area contributed by atoms with Crippen molar-refractivity contribution in [2.45, 2.75) is 45.6 Å². The highest BCUT2D eigenvalue weighted by molar-refractivity contribution is 5.72. The fourth-order valence-electron chi connectivity index (χ4n) is 2.51. The first-order valence-electron chi connectivity index (χ1n) is 8.23. The molecule has 0 unspecified atom stereocenters. The Bertz CT molecular complexity index is 623. The van der Waals surface area contributed by atoms with E-state index in [4.69, 9.17) is 9.84 Å². The molecule has 5 nitrogen and oxygen atoms in total. The van der Waals surface area contributed by atoms with Gasteiger partial charge in [0.05, 0.1) is 0 Å². The average Bonchev–Trinajstić information content (AvgIpc) is 2.51. The summed E-state index contributed by atoms with van der Waals surface area (Å²) in [6.07, 6.45) is 4.85. The van der Waals surface area contributed by atoms with Crippen molar-refractivity contribution in [3.8, 4) is 0 Å². The van der Waals surface area contributed by atoms with Crippen LogP contribution in [-0.4, -0.2) is 46.4 Å². The zero-order chi connectivity index (χ0) is 17.7. The van der Waals surface area contributed by atoms with E-state index in [1.165, 1.54) is 6.07 Å². The molecule has 2 rings (SSSR count). The Balaban J connectivity index is 2.03. The van der Waals surface area contributed by atoms with Crippen molar-refractivity contribution < 1.29 is 19.0 Å². The van der Waals surface area contributed by atoms with Gasteiger partial charge in [-0.2, -0.15) is 0 Å². The fourth-order valence-corrected chi connectivity index (χ4v) is 2.51. The number of amides is 1. The van der Waals surface area contributed by atoms with Crippen molar-refractivity contribution in [2.75, 3.05) is 19.7 Å². The summed E-state index contributed by atoms with van der Waals surface area (Å²) in [6.45, 7) is 6.43. The summed E-state index contributed by atoms with van der Waals surface area (Å²) in [4.78, 5) is 17.9. The smallest absolute Gasteiger partial charge is 0.410 e. The average molecular weight is 336 g/mol. The molecule has 1 amide bonds. The molecule has 0 spiro atoms. The molecule has 132 valence electrons. The Morgan fingerprint density at radius 1 is 1.46 bits per heavy atom. The molecule has 0 aliphatic carbocycles. The van der Waals surface area contributed by atoms with Crippen LogP contribution in [0.5, 0.6) is 0 Å². The summed E-state index contributed by atoms with van der Waals surface area (Å²) < 4.78 is 19.6. The number of pyridine rings is 1. The van der Waals surface area contributed by atoms with Gasteiger partial charge in [0, 0.05) is 25.9 Å². The van der Waals surface area contributed by atoms with Crippen LogP contribution in [0.1, 0.15) is 44.9 Å². The van der Waals surface area contributed by atoms with Crippen LogP contribution in [0, 0.1) is 5.82 Å². The first kappa shape index (κ1) is 18.4. The molecule has 1 aromatic rings. The number of aliphatic hydroxyl groups excluding tert-OH is 1. The number of halogens is 1. The molecule has 0 atom stereocenters. The fraction of sp³-hybridized carbons (Fsp3) is 0.556. The van der Waals surface area contributed by atoms with Gasteiger partial charge >= 0.3 is 6.09 Å². The van der Waals surface area contributed by atoms with Gasteiger partial charge in [-0.05, 0) is 57.2 Å². The molecule has 1 aliphatic rings. The summed E-state index contributed by atoms with van der Waals surface area (Å²) >= 11 is 0. The monoisotopic (exact) mass is 336 g/mol. The number of hydrogen-bond donors (Lipinski definition) is 1. The molecule has 0 saturated carbocycles. The zero-order valence-corrected chi connectivity index (χ0v) is 14.5. The Kier molecular flexibility index (Phi) is 5.94. The lowest BCUT2D eigenvalue weighted by Gasteiger charge is -2.29. The van der Waals surface area contributed by atoms with Crippen LogP contribution in [0.25, 0.3) is 5.57 Å². The normalized spacial score (nSPS) is 15.2. The number of aliphatic hydroxyl groups is 1. The van der Waals surface area contributed by atoms with Crippen LogP contribution < -0.4 is 0 Å². The largest absolute Gasteiger partial charge is 0.444 e. The highest BCUT2D eigenvalue weighted by Crippen LogP contribution is 2.24. The van der Waals surface area contributed by atoms with Gasteiger partial charge in [0.2, 0.25) is 0 Å². The molecule has 1 aliphatic heterocycles. The van der Waals surface area contributed by atoms with Crippen LogP contribution in [-0.2, 0) is 11.2 Å². The SMILES string of the molecule is CC(C)(C)OC(=O)N1CC=C(c2ncc(CCCO)cc2F)CC1. The van der Waals surface area contributed by atoms with Gasteiger partial charge in [-0.15, -0.1) is 0 Å². The van der Waals surface area contributed by atoms with Gasteiger partial charge in [0.1, 0.15) is 17.1 Å². The van der Waals surface area contributed by atoms with E-state index in [0.717, 1.165) is 11.1 Å². The second kappa shape index (κ2) is 7.75. The maximum Gasteiger partial charge on any atom is 0.410 e. The minimum Gasteiger partial charge on any atom is -0.444 e. The third-order valence-corrected chi connectivity index (χ3v) is 3.69. The minimum atomic E-state index is -0.529.